The summed E-state index contributed by atoms with van der Waals surface area (Å²) in [4.78, 5) is 10.6. The number of hydrogen-bond donors (Lipinski definition) is 0. The molecule has 0 atom stereocenters. The summed E-state index contributed by atoms with van der Waals surface area (Å²) in [5.74, 6) is 0.295. The van der Waals surface area contributed by atoms with Gasteiger partial charge >= 0.3 is 5.69 Å². The molecule has 0 radical (unpaired) electrons. The molecule has 0 aromatic carbocycles. The average molecular weight is 283 g/mol. The van der Waals surface area contributed by atoms with E-state index >= 15 is 0 Å². The topological polar surface area (TPSA) is 70.2 Å². The molecule has 1 aliphatic carbocycles. The van der Waals surface area contributed by atoms with Gasteiger partial charge in [-0.05, 0) is 18.9 Å². The third kappa shape index (κ3) is 3.87. The molecular formula is C12H21N3O3Si. The first-order valence-electron chi connectivity index (χ1n) is 6.66. The van der Waals surface area contributed by atoms with Gasteiger partial charge in [0.1, 0.15) is 18.6 Å². The number of ether oxygens (including phenoxy) is 1. The van der Waals surface area contributed by atoms with Gasteiger partial charge in [-0.3, -0.25) is 10.1 Å². The lowest BCUT2D eigenvalue weighted by Crippen LogP contribution is -2.22. The molecule has 0 aliphatic heterocycles. The van der Waals surface area contributed by atoms with Gasteiger partial charge in [-0.15, -0.1) is 0 Å². The molecule has 0 N–H and O–H groups in total. The third-order valence-electron chi connectivity index (χ3n) is 3.23. The SMILES string of the molecule is C[Si](C)(C)CCOCn1ncc([N+](=O)[O-])c1C1CC1. The predicted molar refractivity (Wildman–Crippen MR) is 75.0 cm³/mol. The van der Waals surface area contributed by atoms with Crippen LogP contribution in [0.2, 0.25) is 25.7 Å². The lowest BCUT2D eigenvalue weighted by molar-refractivity contribution is -0.385. The molecule has 106 valence electrons. The van der Waals surface area contributed by atoms with Crippen molar-refractivity contribution in [2.75, 3.05) is 6.61 Å². The highest BCUT2D eigenvalue weighted by molar-refractivity contribution is 6.76. The first kappa shape index (κ1) is 14.2. The number of hydrogen-bond acceptors (Lipinski definition) is 4. The van der Waals surface area contributed by atoms with E-state index in [0.717, 1.165) is 24.6 Å². The van der Waals surface area contributed by atoms with Gasteiger partial charge < -0.3 is 4.74 Å². The molecule has 2 rings (SSSR count). The van der Waals surface area contributed by atoms with Crippen LogP contribution >= 0.6 is 0 Å². The van der Waals surface area contributed by atoms with E-state index in [0.29, 0.717) is 19.3 Å². The molecule has 0 saturated heterocycles. The quantitative estimate of drug-likeness (QED) is 0.334. The Kier molecular flexibility index (Phi) is 4.05. The monoisotopic (exact) mass is 283 g/mol. The number of nitro groups is 1. The maximum Gasteiger partial charge on any atom is 0.310 e. The highest BCUT2D eigenvalue weighted by Crippen LogP contribution is 2.43. The fourth-order valence-electron chi connectivity index (χ4n) is 1.93. The lowest BCUT2D eigenvalue weighted by Gasteiger charge is -2.15. The van der Waals surface area contributed by atoms with Crippen molar-refractivity contribution in [1.82, 2.24) is 9.78 Å². The van der Waals surface area contributed by atoms with Crippen molar-refractivity contribution in [2.24, 2.45) is 0 Å². The smallest absolute Gasteiger partial charge is 0.310 e. The lowest BCUT2D eigenvalue weighted by atomic mass is 10.2. The number of aromatic nitrogens is 2. The Hall–Kier alpha value is -1.21. The molecule has 0 spiro atoms. The van der Waals surface area contributed by atoms with E-state index in [2.05, 4.69) is 24.7 Å². The Morgan fingerprint density at radius 1 is 1.53 bits per heavy atom. The highest BCUT2D eigenvalue weighted by atomic mass is 28.3. The zero-order valence-corrected chi connectivity index (χ0v) is 12.8. The van der Waals surface area contributed by atoms with Crippen LogP contribution in [0.3, 0.4) is 0 Å². The minimum Gasteiger partial charge on any atom is -0.360 e. The van der Waals surface area contributed by atoms with Gasteiger partial charge in [0, 0.05) is 20.6 Å². The average Bonchev–Trinajstić information content (AvgIpc) is 3.03. The van der Waals surface area contributed by atoms with Crippen molar-refractivity contribution in [1.29, 1.82) is 0 Å². The van der Waals surface area contributed by atoms with Crippen LogP contribution in [0.5, 0.6) is 0 Å². The fourth-order valence-corrected chi connectivity index (χ4v) is 2.69. The van der Waals surface area contributed by atoms with Crippen LogP contribution in [0.1, 0.15) is 24.5 Å². The van der Waals surface area contributed by atoms with Crippen molar-refractivity contribution in [3.8, 4) is 0 Å². The van der Waals surface area contributed by atoms with Gasteiger partial charge in [-0.25, -0.2) is 4.68 Å². The normalized spacial score (nSPS) is 15.7. The molecule has 1 fully saturated rings. The highest BCUT2D eigenvalue weighted by Gasteiger charge is 2.35. The van der Waals surface area contributed by atoms with Gasteiger partial charge in [0.15, 0.2) is 0 Å². The van der Waals surface area contributed by atoms with Crippen LogP contribution in [0, 0.1) is 10.1 Å². The Bertz CT molecular complexity index is 463. The van der Waals surface area contributed by atoms with E-state index in [4.69, 9.17) is 4.74 Å². The minimum atomic E-state index is -1.09. The largest absolute Gasteiger partial charge is 0.360 e. The van der Waals surface area contributed by atoms with Crippen LogP contribution in [-0.2, 0) is 11.5 Å². The summed E-state index contributed by atoms with van der Waals surface area (Å²) in [6.45, 7) is 7.91. The Labute approximate surface area is 113 Å². The molecule has 0 bridgehead atoms. The van der Waals surface area contributed by atoms with E-state index in [1.165, 1.54) is 6.20 Å². The summed E-state index contributed by atoms with van der Waals surface area (Å²) in [5, 5.41) is 15.0. The van der Waals surface area contributed by atoms with Crippen molar-refractivity contribution in [3.63, 3.8) is 0 Å². The van der Waals surface area contributed by atoms with Crippen molar-refractivity contribution in [2.45, 2.75) is 51.2 Å². The second-order valence-electron chi connectivity index (χ2n) is 6.29. The van der Waals surface area contributed by atoms with Crippen molar-refractivity contribution in [3.05, 3.63) is 22.0 Å². The molecule has 1 heterocycles. The van der Waals surface area contributed by atoms with Gasteiger partial charge in [-0.1, -0.05) is 19.6 Å². The van der Waals surface area contributed by atoms with E-state index in [-0.39, 0.29) is 10.6 Å². The van der Waals surface area contributed by atoms with Gasteiger partial charge in [0.2, 0.25) is 0 Å². The standard InChI is InChI=1S/C12H21N3O3Si/c1-19(2,3)7-6-18-9-14-12(10-4-5-10)11(8-13-14)15(16)17/h8,10H,4-7,9H2,1-3H3. The molecular weight excluding hydrogens is 262 g/mol. The van der Waals surface area contributed by atoms with Crippen molar-refractivity contribution < 1.29 is 9.66 Å². The molecule has 1 aromatic rings. The zero-order valence-electron chi connectivity index (χ0n) is 11.8. The summed E-state index contributed by atoms with van der Waals surface area (Å²) < 4.78 is 7.27. The van der Waals surface area contributed by atoms with Crippen LogP contribution < -0.4 is 0 Å². The molecule has 0 amide bonds. The third-order valence-corrected chi connectivity index (χ3v) is 4.93. The molecule has 19 heavy (non-hydrogen) atoms. The second kappa shape index (κ2) is 5.42. The van der Waals surface area contributed by atoms with Gasteiger partial charge in [-0.2, -0.15) is 5.10 Å². The molecule has 0 unspecified atom stereocenters. The van der Waals surface area contributed by atoms with E-state index in [9.17, 15) is 10.1 Å². The molecule has 1 aliphatic rings. The van der Waals surface area contributed by atoms with E-state index in [1.807, 2.05) is 0 Å². The van der Waals surface area contributed by atoms with E-state index in [1.54, 1.807) is 4.68 Å². The summed E-state index contributed by atoms with van der Waals surface area (Å²) in [6, 6.07) is 1.09. The first-order valence-corrected chi connectivity index (χ1v) is 10.4. The number of rotatable bonds is 7. The number of nitrogens with zero attached hydrogens (tertiary/aromatic N) is 3. The Morgan fingerprint density at radius 3 is 2.74 bits per heavy atom. The maximum atomic E-state index is 10.9. The maximum absolute atomic E-state index is 10.9. The summed E-state index contributed by atoms with van der Waals surface area (Å²) in [6.07, 6.45) is 3.37. The fraction of sp³-hybridized carbons (Fsp3) is 0.750. The van der Waals surface area contributed by atoms with Gasteiger partial charge in [0.05, 0.1) is 4.92 Å². The van der Waals surface area contributed by atoms with Crippen LogP contribution in [-0.4, -0.2) is 29.4 Å². The molecule has 7 heteroatoms. The molecule has 1 aromatic heterocycles. The van der Waals surface area contributed by atoms with Crippen LogP contribution in [0.4, 0.5) is 5.69 Å². The summed E-state index contributed by atoms with van der Waals surface area (Å²) in [7, 11) is -1.09. The van der Waals surface area contributed by atoms with Crippen LogP contribution in [0.15, 0.2) is 6.20 Å². The molecule has 6 nitrogen and oxygen atoms in total. The predicted octanol–water partition coefficient (Wildman–Crippen LogP) is 2.98. The zero-order chi connectivity index (χ0) is 14.0. The minimum absolute atomic E-state index is 0.135. The Morgan fingerprint density at radius 2 is 2.21 bits per heavy atom. The van der Waals surface area contributed by atoms with Crippen molar-refractivity contribution >= 4 is 13.8 Å². The van der Waals surface area contributed by atoms with Gasteiger partial charge in [0.25, 0.3) is 0 Å². The van der Waals surface area contributed by atoms with E-state index < -0.39 is 8.07 Å². The Balaban J connectivity index is 1.95. The van der Waals surface area contributed by atoms with Crippen LogP contribution in [0.25, 0.3) is 0 Å². The molecule has 1 saturated carbocycles. The second-order valence-corrected chi connectivity index (χ2v) is 11.9. The first-order chi connectivity index (χ1) is 8.88. The summed E-state index contributed by atoms with van der Waals surface area (Å²) in [5.41, 5.74) is 0.870. The summed E-state index contributed by atoms with van der Waals surface area (Å²) >= 11 is 0.